The van der Waals surface area contributed by atoms with E-state index in [9.17, 15) is 4.79 Å². The number of aryl methyl sites for hydroxylation is 1. The Labute approximate surface area is 178 Å². The van der Waals surface area contributed by atoms with Crippen molar-refractivity contribution in [3.05, 3.63) is 89.5 Å². The van der Waals surface area contributed by atoms with Gasteiger partial charge in [-0.05, 0) is 37.3 Å². The molecular formula is C25H29N2O3+. The van der Waals surface area contributed by atoms with Gasteiger partial charge in [0.15, 0.2) is 17.5 Å². The molecule has 0 radical (unpaired) electrons. The Balaban J connectivity index is 1.84. The smallest absolute Gasteiger partial charge is 0.287 e. The molecule has 0 fully saturated rings. The van der Waals surface area contributed by atoms with Gasteiger partial charge in [-0.3, -0.25) is 4.79 Å². The minimum atomic E-state index is -0.361. The molecule has 5 heteroatoms. The van der Waals surface area contributed by atoms with Crippen LogP contribution in [0.2, 0.25) is 0 Å². The Morgan fingerprint density at radius 2 is 1.60 bits per heavy atom. The molecule has 0 spiro atoms. The maximum absolute atomic E-state index is 13.3. The molecule has 3 aromatic rings. The molecular weight excluding hydrogens is 376 g/mol. The number of likely N-dealkylation sites (N-methyl/N-ethyl adjacent to an activating group) is 1. The van der Waals surface area contributed by atoms with Gasteiger partial charge in [-0.2, -0.15) is 0 Å². The molecule has 0 bridgehead atoms. The highest BCUT2D eigenvalue weighted by Crippen LogP contribution is 2.27. The normalized spacial score (nSPS) is 12.7. The topological polar surface area (TPSA) is 52.0 Å². The third-order valence-electron chi connectivity index (χ3n) is 5.14. The molecule has 0 saturated carbocycles. The van der Waals surface area contributed by atoms with Gasteiger partial charge in [0.25, 0.3) is 5.91 Å². The average molecular weight is 406 g/mol. The number of carbonyl (C=O) groups excluding carboxylic acids is 1. The van der Waals surface area contributed by atoms with Crippen molar-refractivity contribution in [2.75, 3.05) is 26.6 Å². The van der Waals surface area contributed by atoms with E-state index < -0.39 is 0 Å². The highest BCUT2D eigenvalue weighted by atomic mass is 16.5. The van der Waals surface area contributed by atoms with E-state index >= 15 is 0 Å². The standard InChI is InChI=1S/C25H28N2O3/c1-18-10-13-21(14-11-18)26-25(28)24(20-8-6-5-7-9-20)27(2)17-19-12-15-22(29-3)23(16-19)30-4/h5-16,24H,17H2,1-4H3,(H,26,28)/p+1/t24-/m1/s1. The van der Waals surface area contributed by atoms with Gasteiger partial charge >= 0.3 is 0 Å². The third kappa shape index (κ3) is 5.19. The summed E-state index contributed by atoms with van der Waals surface area (Å²) in [4.78, 5) is 14.3. The number of methoxy groups -OCH3 is 2. The number of anilines is 1. The summed E-state index contributed by atoms with van der Waals surface area (Å²) in [5.74, 6) is 1.34. The van der Waals surface area contributed by atoms with Crippen LogP contribution in [0, 0.1) is 6.92 Å². The lowest BCUT2D eigenvalue weighted by molar-refractivity contribution is -0.915. The Morgan fingerprint density at radius 1 is 0.933 bits per heavy atom. The molecule has 0 aliphatic heterocycles. The molecule has 3 rings (SSSR count). The Bertz CT molecular complexity index is 971. The Morgan fingerprint density at radius 3 is 2.23 bits per heavy atom. The molecule has 0 saturated heterocycles. The number of rotatable bonds is 8. The molecule has 2 atom stereocenters. The predicted octanol–water partition coefficient (Wildman–Crippen LogP) is 3.41. The lowest BCUT2D eigenvalue weighted by Crippen LogP contribution is -3.09. The lowest BCUT2D eigenvalue weighted by Gasteiger charge is -2.25. The van der Waals surface area contributed by atoms with Crippen molar-refractivity contribution in [1.29, 1.82) is 0 Å². The summed E-state index contributed by atoms with van der Waals surface area (Å²) in [5, 5.41) is 3.07. The summed E-state index contributed by atoms with van der Waals surface area (Å²) in [6.07, 6.45) is 0. The van der Waals surface area contributed by atoms with Crippen molar-refractivity contribution >= 4 is 11.6 Å². The van der Waals surface area contributed by atoms with E-state index in [1.807, 2.05) is 86.8 Å². The van der Waals surface area contributed by atoms with Gasteiger partial charge in [-0.15, -0.1) is 0 Å². The van der Waals surface area contributed by atoms with Crippen LogP contribution in [0.25, 0.3) is 0 Å². The molecule has 0 heterocycles. The quantitative estimate of drug-likeness (QED) is 0.604. The zero-order valence-electron chi connectivity index (χ0n) is 17.9. The molecule has 0 aromatic heterocycles. The van der Waals surface area contributed by atoms with Gasteiger partial charge in [0.05, 0.1) is 21.3 Å². The lowest BCUT2D eigenvalue weighted by atomic mass is 10.0. The fraction of sp³-hybridized carbons (Fsp3) is 0.240. The molecule has 1 amide bonds. The number of quaternary nitrogens is 1. The first-order chi connectivity index (χ1) is 14.5. The van der Waals surface area contributed by atoms with Gasteiger partial charge < -0.3 is 19.7 Å². The molecule has 2 N–H and O–H groups in total. The second-order valence-electron chi connectivity index (χ2n) is 7.41. The third-order valence-corrected chi connectivity index (χ3v) is 5.14. The van der Waals surface area contributed by atoms with Gasteiger partial charge in [0.1, 0.15) is 6.54 Å². The van der Waals surface area contributed by atoms with Gasteiger partial charge in [-0.25, -0.2) is 0 Å². The van der Waals surface area contributed by atoms with Crippen LogP contribution in [0.5, 0.6) is 11.5 Å². The summed E-state index contributed by atoms with van der Waals surface area (Å²) < 4.78 is 10.8. The van der Waals surface area contributed by atoms with Gasteiger partial charge in [0.2, 0.25) is 0 Å². The van der Waals surface area contributed by atoms with Crippen molar-refractivity contribution in [3.63, 3.8) is 0 Å². The molecule has 0 aliphatic carbocycles. The number of hydrogen-bond donors (Lipinski definition) is 2. The van der Waals surface area contributed by atoms with E-state index in [2.05, 4.69) is 5.32 Å². The first-order valence-electron chi connectivity index (χ1n) is 9.97. The van der Waals surface area contributed by atoms with Crippen LogP contribution >= 0.6 is 0 Å². The van der Waals surface area contributed by atoms with Crippen molar-refractivity contribution < 1.29 is 19.2 Å². The maximum atomic E-state index is 13.3. The van der Waals surface area contributed by atoms with Gasteiger partial charge in [0, 0.05) is 16.8 Å². The minimum Gasteiger partial charge on any atom is -0.493 e. The molecule has 156 valence electrons. The number of benzene rings is 3. The van der Waals surface area contributed by atoms with Crippen LogP contribution in [-0.4, -0.2) is 27.2 Å². The summed E-state index contributed by atoms with van der Waals surface area (Å²) in [6.45, 7) is 2.68. The second kappa shape index (κ2) is 9.94. The second-order valence-corrected chi connectivity index (χ2v) is 7.41. The van der Waals surface area contributed by atoms with Crippen molar-refractivity contribution in [3.8, 4) is 11.5 Å². The number of amides is 1. The summed E-state index contributed by atoms with van der Waals surface area (Å²) in [6, 6.07) is 23.2. The zero-order valence-corrected chi connectivity index (χ0v) is 17.9. The number of carbonyl (C=O) groups is 1. The highest BCUT2D eigenvalue weighted by Gasteiger charge is 2.29. The SMILES string of the molecule is COc1ccc(C[NH+](C)[C@@H](C(=O)Nc2ccc(C)cc2)c2ccccc2)cc1OC. The number of ether oxygens (including phenoxy) is 2. The fourth-order valence-electron chi connectivity index (χ4n) is 3.57. The first-order valence-corrected chi connectivity index (χ1v) is 9.97. The van der Waals surface area contributed by atoms with E-state index in [4.69, 9.17) is 9.47 Å². The molecule has 3 aromatic carbocycles. The molecule has 0 aliphatic rings. The van der Waals surface area contributed by atoms with E-state index in [1.165, 1.54) is 0 Å². The maximum Gasteiger partial charge on any atom is 0.287 e. The van der Waals surface area contributed by atoms with Crippen molar-refractivity contribution in [1.82, 2.24) is 0 Å². The summed E-state index contributed by atoms with van der Waals surface area (Å²) >= 11 is 0. The van der Waals surface area contributed by atoms with Crippen molar-refractivity contribution in [2.45, 2.75) is 19.5 Å². The number of nitrogens with one attached hydrogen (secondary N) is 2. The fourth-order valence-corrected chi connectivity index (χ4v) is 3.57. The van der Waals surface area contributed by atoms with Gasteiger partial charge in [-0.1, -0.05) is 48.0 Å². The van der Waals surface area contributed by atoms with E-state index in [1.54, 1.807) is 14.2 Å². The molecule has 1 unspecified atom stereocenters. The average Bonchev–Trinajstić information content (AvgIpc) is 2.76. The molecule has 30 heavy (non-hydrogen) atoms. The van der Waals surface area contributed by atoms with Crippen LogP contribution in [0.4, 0.5) is 5.69 Å². The van der Waals surface area contributed by atoms with Crippen LogP contribution in [0.1, 0.15) is 22.7 Å². The largest absolute Gasteiger partial charge is 0.493 e. The summed E-state index contributed by atoms with van der Waals surface area (Å²) in [7, 11) is 5.28. The van der Waals surface area contributed by atoms with E-state index in [0.717, 1.165) is 27.3 Å². The monoisotopic (exact) mass is 405 g/mol. The summed E-state index contributed by atoms with van der Waals surface area (Å²) in [5.41, 5.74) is 3.99. The Hall–Kier alpha value is -3.31. The van der Waals surface area contributed by atoms with Crippen LogP contribution in [0.3, 0.4) is 0 Å². The zero-order chi connectivity index (χ0) is 21.5. The van der Waals surface area contributed by atoms with Crippen LogP contribution in [-0.2, 0) is 11.3 Å². The predicted molar refractivity (Wildman–Crippen MR) is 119 cm³/mol. The molecule has 5 nitrogen and oxygen atoms in total. The first kappa shape index (κ1) is 21.4. The number of hydrogen-bond acceptors (Lipinski definition) is 3. The van der Waals surface area contributed by atoms with Crippen molar-refractivity contribution in [2.24, 2.45) is 0 Å². The Kier molecular flexibility index (Phi) is 7.09. The van der Waals surface area contributed by atoms with E-state index in [0.29, 0.717) is 18.0 Å². The highest BCUT2D eigenvalue weighted by molar-refractivity contribution is 5.94. The van der Waals surface area contributed by atoms with Crippen LogP contribution in [0.15, 0.2) is 72.8 Å². The van der Waals surface area contributed by atoms with E-state index in [-0.39, 0.29) is 11.9 Å². The van der Waals surface area contributed by atoms with Crippen LogP contribution < -0.4 is 19.7 Å². The minimum absolute atomic E-state index is 0.0389.